The lowest BCUT2D eigenvalue weighted by Gasteiger charge is -2.20. The Morgan fingerprint density at radius 2 is 0.907 bits per heavy atom. The van der Waals surface area contributed by atoms with Gasteiger partial charge in [0.1, 0.15) is 13.3 Å². The second kappa shape index (κ2) is 15.9. The van der Waals surface area contributed by atoms with Crippen LogP contribution in [0.25, 0.3) is 22.5 Å². The topological polar surface area (TPSA) is 98.5 Å². The molecule has 0 spiro atoms. The summed E-state index contributed by atoms with van der Waals surface area (Å²) in [6, 6.07) is 22.3. The molecule has 2 heterocycles. The van der Waals surface area contributed by atoms with Gasteiger partial charge in [-0.1, -0.05) is 48.5 Å². The summed E-state index contributed by atoms with van der Waals surface area (Å²) < 4.78 is 107. The monoisotopic (exact) mass is 752 g/mol. The summed E-state index contributed by atoms with van der Waals surface area (Å²) in [7, 11) is 0. The van der Waals surface area contributed by atoms with Crippen molar-refractivity contribution < 1.29 is 39.9 Å². The normalized spacial score (nSPS) is 13.0. The number of benzene rings is 4. The molecule has 2 aromatic heterocycles. The van der Waals surface area contributed by atoms with Crippen LogP contribution in [-0.2, 0) is 30.2 Å². The van der Waals surface area contributed by atoms with E-state index in [-0.39, 0.29) is 13.1 Å². The predicted molar refractivity (Wildman–Crippen MR) is 188 cm³/mol. The van der Waals surface area contributed by atoms with E-state index in [1.165, 1.54) is 24.3 Å². The summed E-state index contributed by atoms with van der Waals surface area (Å²) in [5.74, 6) is -3.06. The lowest BCUT2D eigenvalue weighted by molar-refractivity contribution is -0.138. The molecule has 0 bridgehead atoms. The summed E-state index contributed by atoms with van der Waals surface area (Å²) in [4.78, 5) is 13.5. The van der Waals surface area contributed by atoms with Crippen molar-refractivity contribution in [3.05, 3.63) is 143 Å². The summed E-state index contributed by atoms with van der Waals surface area (Å²) in [6.45, 7) is -1.57. The number of aromatic amines is 2. The molecule has 2 atom stereocenters. The molecule has 54 heavy (non-hydrogen) atoms. The number of nitrogens with one attached hydrogen (secondary N) is 4. The van der Waals surface area contributed by atoms with Crippen molar-refractivity contribution in [3.8, 4) is 22.5 Å². The fraction of sp³-hybridized carbons (Fsp3) is 0.205. The molecule has 6 aromatic rings. The first-order valence-electron chi connectivity index (χ1n) is 16.6. The highest BCUT2D eigenvalue weighted by Crippen LogP contribution is 2.34. The Morgan fingerprint density at radius 1 is 0.556 bits per heavy atom. The Kier molecular flexibility index (Phi) is 11.1. The minimum atomic E-state index is -4.45. The Morgan fingerprint density at radius 3 is 1.22 bits per heavy atom. The van der Waals surface area contributed by atoms with Crippen LogP contribution in [0.15, 0.2) is 109 Å². The molecule has 0 aliphatic rings. The van der Waals surface area contributed by atoms with E-state index in [4.69, 9.17) is 0 Å². The molecule has 0 radical (unpaired) electrons. The maximum Gasteiger partial charge on any atom is 0.416 e. The van der Waals surface area contributed by atoms with Gasteiger partial charge in [0.05, 0.1) is 46.7 Å². The number of hydrogen-bond donors (Lipinski definition) is 4. The zero-order valence-electron chi connectivity index (χ0n) is 28.2. The highest BCUT2D eigenvalue weighted by atomic mass is 19.4. The van der Waals surface area contributed by atoms with Gasteiger partial charge in [-0.3, -0.25) is 15.0 Å². The molecule has 7 nitrogen and oxygen atoms in total. The van der Waals surface area contributed by atoms with Gasteiger partial charge in [-0.25, -0.2) is 8.78 Å². The minimum absolute atomic E-state index is 0.259. The van der Waals surface area contributed by atoms with Crippen LogP contribution in [0.5, 0.6) is 0 Å². The number of anilines is 2. The number of carbonyl (C=O) groups is 1. The van der Waals surface area contributed by atoms with E-state index in [2.05, 4.69) is 31.0 Å². The number of alkyl halides is 8. The predicted octanol–water partition coefficient (Wildman–Crippen LogP) is 10.1. The van der Waals surface area contributed by atoms with Gasteiger partial charge in [-0.15, -0.1) is 0 Å². The number of rotatable bonds is 14. The van der Waals surface area contributed by atoms with Crippen LogP contribution in [0.4, 0.5) is 46.5 Å². The van der Waals surface area contributed by atoms with Crippen LogP contribution in [0.2, 0.25) is 0 Å². The van der Waals surface area contributed by atoms with Crippen LogP contribution in [-0.4, -0.2) is 39.5 Å². The summed E-state index contributed by atoms with van der Waals surface area (Å²) in [5, 5.41) is 20.0. The number of hydrogen-bond acceptors (Lipinski definition) is 5. The van der Waals surface area contributed by atoms with Crippen LogP contribution in [0, 0.1) is 0 Å². The second-order valence-electron chi connectivity index (χ2n) is 12.5. The van der Waals surface area contributed by atoms with E-state index in [0.29, 0.717) is 56.1 Å². The Labute approximate surface area is 303 Å². The lowest BCUT2D eigenvalue weighted by Crippen LogP contribution is -2.23. The molecular formula is C39H32F8N6O. The number of ketones is 1. The zero-order chi connectivity index (χ0) is 38.5. The van der Waals surface area contributed by atoms with Gasteiger partial charge in [0.15, 0.2) is 5.78 Å². The standard InChI is InChI=1S/C39H32F8N6O/c40-17-33(23-5-13-31(14-6-23)48-19-27-21-50-52-35(27)25-1-9-29(10-2-25)38(42,43)44)37(54)34(18-41)24-7-15-32(16-8-24)49-20-28-22-51-53-36(28)26-3-11-30(12-4-26)39(45,46)47/h1-16,21-22,33-34,48-49H,17-20H2,(H,50,52)(H,51,53). The fourth-order valence-electron chi connectivity index (χ4n) is 6.00. The van der Waals surface area contributed by atoms with Gasteiger partial charge < -0.3 is 10.6 Å². The Bertz CT molecular complexity index is 1990. The molecule has 6 rings (SSSR count). The number of aromatic nitrogens is 4. The number of nitrogens with zero attached hydrogens (tertiary/aromatic N) is 2. The minimum Gasteiger partial charge on any atom is -0.381 e. The highest BCUT2D eigenvalue weighted by molar-refractivity contribution is 5.92. The quantitative estimate of drug-likeness (QED) is 0.0831. The highest BCUT2D eigenvalue weighted by Gasteiger charge is 2.32. The first-order valence-corrected chi connectivity index (χ1v) is 16.6. The van der Waals surface area contributed by atoms with Crippen molar-refractivity contribution in [1.82, 2.24) is 20.4 Å². The smallest absolute Gasteiger partial charge is 0.381 e. The molecular weight excluding hydrogens is 720 g/mol. The molecule has 15 heteroatoms. The van der Waals surface area contributed by atoms with Gasteiger partial charge in [0.25, 0.3) is 0 Å². The second-order valence-corrected chi connectivity index (χ2v) is 12.5. The van der Waals surface area contributed by atoms with Crippen molar-refractivity contribution in [2.45, 2.75) is 37.3 Å². The van der Waals surface area contributed by atoms with Crippen LogP contribution in [0.1, 0.15) is 45.2 Å². The van der Waals surface area contributed by atoms with Gasteiger partial charge in [-0.05, 0) is 70.8 Å². The molecule has 0 fully saturated rings. The Balaban J connectivity index is 1.06. The first kappa shape index (κ1) is 37.8. The average molecular weight is 753 g/mol. The third-order valence-electron chi connectivity index (χ3n) is 9.03. The van der Waals surface area contributed by atoms with Crippen LogP contribution >= 0.6 is 0 Å². The summed E-state index contributed by atoms with van der Waals surface area (Å²) in [5.41, 5.74) is 3.94. The van der Waals surface area contributed by atoms with Gasteiger partial charge in [0.2, 0.25) is 0 Å². The van der Waals surface area contributed by atoms with Crippen molar-refractivity contribution in [1.29, 1.82) is 0 Å². The molecule has 2 unspecified atom stereocenters. The maximum absolute atomic E-state index is 14.4. The first-order chi connectivity index (χ1) is 25.9. The molecule has 4 aromatic carbocycles. The van der Waals surface area contributed by atoms with Crippen molar-refractivity contribution in [2.75, 3.05) is 24.0 Å². The molecule has 0 saturated heterocycles. The third kappa shape index (κ3) is 8.62. The van der Waals surface area contributed by atoms with E-state index in [9.17, 15) is 39.9 Å². The molecule has 0 aliphatic carbocycles. The van der Waals surface area contributed by atoms with Crippen molar-refractivity contribution >= 4 is 17.2 Å². The van der Waals surface area contributed by atoms with E-state index >= 15 is 0 Å². The molecule has 280 valence electrons. The number of Topliss-reactive ketones (excluding diaryl/α,β-unsaturated/α-hetero) is 1. The number of halogens is 8. The SMILES string of the molecule is O=C(C(CF)c1ccc(NCc2cn[nH]c2-c2ccc(C(F)(F)F)cc2)cc1)C(CF)c1ccc(NCc2cn[nH]c2-c2ccc(C(F)(F)F)cc2)cc1. The number of H-pyrrole nitrogens is 2. The average Bonchev–Trinajstić information content (AvgIpc) is 3.84. The Hall–Kier alpha value is -5.99. The maximum atomic E-state index is 14.4. The van der Waals surface area contributed by atoms with Gasteiger partial charge in [-0.2, -0.15) is 36.5 Å². The lowest BCUT2D eigenvalue weighted by atomic mass is 9.85. The van der Waals surface area contributed by atoms with Crippen molar-refractivity contribution in [3.63, 3.8) is 0 Å². The van der Waals surface area contributed by atoms with Crippen LogP contribution < -0.4 is 10.6 Å². The van der Waals surface area contributed by atoms with Gasteiger partial charge in [0, 0.05) is 35.6 Å². The third-order valence-corrected chi connectivity index (χ3v) is 9.03. The summed E-state index contributed by atoms with van der Waals surface area (Å²) >= 11 is 0. The van der Waals surface area contributed by atoms with E-state index in [1.54, 1.807) is 60.9 Å². The largest absolute Gasteiger partial charge is 0.416 e. The van der Waals surface area contributed by atoms with Crippen molar-refractivity contribution in [2.24, 2.45) is 0 Å². The van der Waals surface area contributed by atoms with E-state index in [1.807, 2.05) is 0 Å². The molecule has 4 N–H and O–H groups in total. The fourth-order valence-corrected chi connectivity index (χ4v) is 6.00. The molecule has 0 aliphatic heterocycles. The van der Waals surface area contributed by atoms with E-state index < -0.39 is 54.4 Å². The van der Waals surface area contributed by atoms with E-state index in [0.717, 1.165) is 24.3 Å². The van der Waals surface area contributed by atoms with Gasteiger partial charge >= 0.3 is 12.4 Å². The molecule has 0 saturated carbocycles. The molecule has 0 amide bonds. The number of carbonyl (C=O) groups excluding carboxylic acids is 1. The zero-order valence-corrected chi connectivity index (χ0v) is 28.2. The summed E-state index contributed by atoms with van der Waals surface area (Å²) in [6.07, 6.45) is -5.80. The van der Waals surface area contributed by atoms with Crippen LogP contribution in [0.3, 0.4) is 0 Å².